The van der Waals surface area contributed by atoms with Gasteiger partial charge in [0, 0.05) is 11.4 Å². The van der Waals surface area contributed by atoms with Gasteiger partial charge in [0.05, 0.1) is 6.10 Å². The summed E-state index contributed by atoms with van der Waals surface area (Å²) in [6.45, 7) is 8.84. The van der Waals surface area contributed by atoms with Crippen LogP contribution >= 0.6 is 15.9 Å². The summed E-state index contributed by atoms with van der Waals surface area (Å²) in [5.41, 5.74) is 0. The van der Waals surface area contributed by atoms with Gasteiger partial charge in [0.25, 0.3) is 0 Å². The van der Waals surface area contributed by atoms with E-state index in [1.165, 1.54) is 0 Å². The standard InChI is InChI=1S/C10H20BrNO2/c1-7(2)9(11)5-12-10(13)6-14-8(3)4/h7-9H,5-6H2,1-4H3,(H,12,13). The van der Waals surface area contributed by atoms with E-state index in [4.69, 9.17) is 4.74 Å². The SMILES string of the molecule is CC(C)OCC(=O)NCC(Br)C(C)C. The second-order valence-electron chi connectivity index (χ2n) is 3.92. The lowest BCUT2D eigenvalue weighted by Gasteiger charge is -2.14. The van der Waals surface area contributed by atoms with Gasteiger partial charge in [-0.3, -0.25) is 4.79 Å². The lowest BCUT2D eigenvalue weighted by atomic mass is 10.1. The summed E-state index contributed by atoms with van der Waals surface area (Å²) in [7, 11) is 0. The van der Waals surface area contributed by atoms with Crippen LogP contribution in [0.15, 0.2) is 0 Å². The molecule has 3 nitrogen and oxygen atoms in total. The lowest BCUT2D eigenvalue weighted by molar-refractivity contribution is -0.127. The fourth-order valence-electron chi connectivity index (χ4n) is 0.740. The van der Waals surface area contributed by atoms with Gasteiger partial charge >= 0.3 is 0 Å². The second-order valence-corrected chi connectivity index (χ2v) is 5.10. The van der Waals surface area contributed by atoms with E-state index in [1.807, 2.05) is 13.8 Å². The Balaban J connectivity index is 3.54. The third-order valence-electron chi connectivity index (χ3n) is 1.77. The van der Waals surface area contributed by atoms with Crippen molar-refractivity contribution in [1.29, 1.82) is 0 Å². The van der Waals surface area contributed by atoms with Gasteiger partial charge < -0.3 is 10.1 Å². The maximum atomic E-state index is 11.2. The minimum atomic E-state index is -0.0520. The Morgan fingerprint density at radius 2 is 1.93 bits per heavy atom. The van der Waals surface area contributed by atoms with Crippen LogP contribution in [0.3, 0.4) is 0 Å². The number of carbonyl (C=O) groups is 1. The Morgan fingerprint density at radius 1 is 1.36 bits per heavy atom. The predicted molar refractivity (Wildman–Crippen MR) is 61.7 cm³/mol. The summed E-state index contributed by atoms with van der Waals surface area (Å²) in [6.07, 6.45) is 0.102. The molecular weight excluding hydrogens is 246 g/mol. The van der Waals surface area contributed by atoms with E-state index in [0.29, 0.717) is 17.3 Å². The number of rotatable bonds is 6. The topological polar surface area (TPSA) is 38.3 Å². The minimum Gasteiger partial charge on any atom is -0.369 e. The normalized spacial score (nSPS) is 13.4. The molecule has 0 aromatic heterocycles. The van der Waals surface area contributed by atoms with Gasteiger partial charge in [-0.25, -0.2) is 0 Å². The summed E-state index contributed by atoms with van der Waals surface area (Å²) in [5.74, 6) is 0.463. The van der Waals surface area contributed by atoms with Crippen molar-refractivity contribution in [1.82, 2.24) is 5.32 Å². The third kappa shape index (κ3) is 7.33. The molecule has 1 atom stereocenters. The van der Waals surface area contributed by atoms with E-state index < -0.39 is 0 Å². The molecule has 0 radical (unpaired) electrons. The van der Waals surface area contributed by atoms with Crippen molar-refractivity contribution in [2.75, 3.05) is 13.2 Å². The average molecular weight is 266 g/mol. The van der Waals surface area contributed by atoms with Crippen LogP contribution in [0.5, 0.6) is 0 Å². The number of ether oxygens (including phenoxy) is 1. The smallest absolute Gasteiger partial charge is 0.246 e. The molecule has 1 amide bonds. The molecule has 84 valence electrons. The van der Waals surface area contributed by atoms with Crippen molar-refractivity contribution in [3.8, 4) is 0 Å². The van der Waals surface area contributed by atoms with Crippen LogP contribution in [0.4, 0.5) is 0 Å². The average Bonchev–Trinajstić information content (AvgIpc) is 2.10. The maximum absolute atomic E-state index is 11.2. The van der Waals surface area contributed by atoms with Crippen molar-refractivity contribution >= 4 is 21.8 Å². The van der Waals surface area contributed by atoms with E-state index >= 15 is 0 Å². The Labute approximate surface area is 94.7 Å². The highest BCUT2D eigenvalue weighted by Crippen LogP contribution is 2.09. The van der Waals surface area contributed by atoms with Crippen molar-refractivity contribution < 1.29 is 9.53 Å². The number of carbonyl (C=O) groups excluding carboxylic acids is 1. The molecule has 0 saturated carbocycles. The third-order valence-corrected chi connectivity index (χ3v) is 3.15. The first-order chi connectivity index (χ1) is 6.43. The van der Waals surface area contributed by atoms with Crippen LogP contribution in [0.2, 0.25) is 0 Å². The Morgan fingerprint density at radius 3 is 2.36 bits per heavy atom. The molecule has 0 rings (SSSR count). The van der Waals surface area contributed by atoms with Gasteiger partial charge in [-0.15, -0.1) is 0 Å². The van der Waals surface area contributed by atoms with Crippen LogP contribution in [-0.2, 0) is 9.53 Å². The number of alkyl halides is 1. The lowest BCUT2D eigenvalue weighted by Crippen LogP contribution is -2.34. The molecule has 1 unspecified atom stereocenters. The van der Waals surface area contributed by atoms with Gasteiger partial charge in [-0.05, 0) is 19.8 Å². The summed E-state index contributed by atoms with van der Waals surface area (Å²) >= 11 is 3.50. The van der Waals surface area contributed by atoms with Crippen molar-refractivity contribution in [3.05, 3.63) is 0 Å². The van der Waals surface area contributed by atoms with E-state index in [-0.39, 0.29) is 18.6 Å². The predicted octanol–water partition coefficient (Wildman–Crippen LogP) is 1.95. The summed E-state index contributed by atoms with van der Waals surface area (Å²) < 4.78 is 5.17. The first-order valence-corrected chi connectivity index (χ1v) is 5.87. The summed E-state index contributed by atoms with van der Waals surface area (Å²) in [6, 6.07) is 0. The number of hydrogen-bond donors (Lipinski definition) is 1. The second kappa shape index (κ2) is 7.23. The maximum Gasteiger partial charge on any atom is 0.246 e. The highest BCUT2D eigenvalue weighted by molar-refractivity contribution is 9.09. The molecule has 0 spiro atoms. The highest BCUT2D eigenvalue weighted by atomic mass is 79.9. The Bertz CT molecular complexity index is 172. The van der Waals surface area contributed by atoms with Crippen molar-refractivity contribution in [3.63, 3.8) is 0 Å². The van der Waals surface area contributed by atoms with Crippen LogP contribution in [-0.4, -0.2) is 30.0 Å². The fourth-order valence-corrected chi connectivity index (χ4v) is 0.902. The monoisotopic (exact) mass is 265 g/mol. The van der Waals surface area contributed by atoms with E-state index in [2.05, 4.69) is 35.1 Å². The first-order valence-electron chi connectivity index (χ1n) is 4.95. The van der Waals surface area contributed by atoms with Crippen molar-refractivity contribution in [2.24, 2.45) is 5.92 Å². The van der Waals surface area contributed by atoms with E-state index in [1.54, 1.807) is 0 Å². The van der Waals surface area contributed by atoms with Gasteiger partial charge in [0.1, 0.15) is 6.61 Å². The zero-order valence-electron chi connectivity index (χ0n) is 9.34. The molecule has 0 aliphatic heterocycles. The fraction of sp³-hybridized carbons (Fsp3) is 0.900. The Kier molecular flexibility index (Phi) is 7.19. The van der Waals surface area contributed by atoms with Gasteiger partial charge in [-0.2, -0.15) is 0 Å². The van der Waals surface area contributed by atoms with Crippen LogP contribution in [0.25, 0.3) is 0 Å². The Hall–Kier alpha value is -0.0900. The van der Waals surface area contributed by atoms with E-state index in [9.17, 15) is 4.79 Å². The van der Waals surface area contributed by atoms with Crippen molar-refractivity contribution in [2.45, 2.75) is 38.6 Å². The molecule has 0 aromatic rings. The number of halogens is 1. The van der Waals surface area contributed by atoms with E-state index in [0.717, 1.165) is 0 Å². The van der Waals surface area contributed by atoms with Gasteiger partial charge in [-0.1, -0.05) is 29.8 Å². The number of hydrogen-bond acceptors (Lipinski definition) is 2. The molecule has 1 N–H and O–H groups in total. The molecule has 0 aromatic carbocycles. The molecule has 0 aliphatic carbocycles. The van der Waals surface area contributed by atoms with Crippen LogP contribution in [0.1, 0.15) is 27.7 Å². The number of nitrogens with one attached hydrogen (secondary N) is 1. The molecular formula is C10H20BrNO2. The molecule has 14 heavy (non-hydrogen) atoms. The van der Waals surface area contributed by atoms with Crippen LogP contribution in [0, 0.1) is 5.92 Å². The van der Waals surface area contributed by atoms with Crippen LogP contribution < -0.4 is 5.32 Å². The quantitative estimate of drug-likeness (QED) is 0.746. The van der Waals surface area contributed by atoms with Gasteiger partial charge in [0.2, 0.25) is 5.91 Å². The summed E-state index contributed by atoms with van der Waals surface area (Å²) in [4.78, 5) is 11.5. The zero-order chi connectivity index (χ0) is 11.1. The first kappa shape index (κ1) is 13.9. The molecule has 4 heteroatoms. The largest absolute Gasteiger partial charge is 0.369 e. The molecule has 0 fully saturated rings. The molecule has 0 heterocycles. The zero-order valence-corrected chi connectivity index (χ0v) is 10.9. The van der Waals surface area contributed by atoms with Gasteiger partial charge in [0.15, 0.2) is 0 Å². The highest BCUT2D eigenvalue weighted by Gasteiger charge is 2.10. The molecule has 0 aliphatic rings. The summed E-state index contributed by atoms with van der Waals surface area (Å²) in [5, 5.41) is 2.81. The molecule has 0 saturated heterocycles. The molecule has 0 bridgehead atoms. The number of amides is 1. The minimum absolute atomic E-state index is 0.0520.